The summed E-state index contributed by atoms with van der Waals surface area (Å²) in [5, 5.41) is 0. The van der Waals surface area contributed by atoms with Crippen LogP contribution in [0.4, 0.5) is 8.78 Å². The molecule has 3 nitrogen and oxygen atoms in total. The molecule has 1 aromatic carbocycles. The molecule has 2 N–H and O–H groups in total. The van der Waals surface area contributed by atoms with Crippen molar-refractivity contribution in [3.63, 3.8) is 0 Å². The van der Waals surface area contributed by atoms with Crippen molar-refractivity contribution in [3.05, 3.63) is 27.7 Å². The van der Waals surface area contributed by atoms with Gasteiger partial charge in [0.2, 0.25) is 0 Å². The van der Waals surface area contributed by atoms with Crippen LogP contribution in [-0.2, 0) is 0 Å². The average molecular weight is 294 g/mol. The zero-order valence-corrected chi connectivity index (χ0v) is 10.1. The van der Waals surface area contributed by atoms with Gasteiger partial charge in [0.1, 0.15) is 0 Å². The van der Waals surface area contributed by atoms with Crippen molar-refractivity contribution in [1.29, 1.82) is 0 Å². The van der Waals surface area contributed by atoms with Gasteiger partial charge in [-0.25, -0.2) is 8.78 Å². The summed E-state index contributed by atoms with van der Waals surface area (Å²) in [6.45, 7) is 0.0650. The molecule has 0 fully saturated rings. The molecule has 0 aliphatic heterocycles. The highest BCUT2D eigenvalue weighted by Crippen LogP contribution is 2.31. The number of ether oxygens (including phenoxy) is 1. The zero-order valence-electron chi connectivity index (χ0n) is 8.52. The quantitative estimate of drug-likeness (QED) is 0.684. The summed E-state index contributed by atoms with van der Waals surface area (Å²) in [6.07, 6.45) is -0.0663. The van der Waals surface area contributed by atoms with Crippen molar-refractivity contribution in [2.24, 2.45) is 5.73 Å². The monoisotopic (exact) mass is 293 g/mol. The van der Waals surface area contributed by atoms with Crippen LogP contribution in [0.25, 0.3) is 0 Å². The van der Waals surface area contributed by atoms with Crippen LogP contribution in [0, 0.1) is 11.6 Å². The summed E-state index contributed by atoms with van der Waals surface area (Å²) in [5.41, 5.74) is 4.79. The maximum absolute atomic E-state index is 13.6. The van der Waals surface area contributed by atoms with Gasteiger partial charge in [0.25, 0.3) is 0 Å². The summed E-state index contributed by atoms with van der Waals surface area (Å²) in [7, 11) is 1.17. The van der Waals surface area contributed by atoms with Crippen molar-refractivity contribution in [2.45, 2.75) is 6.42 Å². The minimum atomic E-state index is -0.836. The molecular weight excluding hydrogens is 284 g/mol. The van der Waals surface area contributed by atoms with Gasteiger partial charge in [-0.05, 0) is 28.5 Å². The van der Waals surface area contributed by atoms with E-state index >= 15 is 0 Å². The number of hydrogen-bond acceptors (Lipinski definition) is 3. The van der Waals surface area contributed by atoms with Gasteiger partial charge in [0, 0.05) is 6.42 Å². The SMILES string of the molecule is COc1c(F)cc(Br)c(F)c1C(=O)CCN. The lowest BCUT2D eigenvalue weighted by Gasteiger charge is -2.10. The lowest BCUT2D eigenvalue weighted by Crippen LogP contribution is -2.12. The lowest BCUT2D eigenvalue weighted by atomic mass is 10.1. The largest absolute Gasteiger partial charge is 0.493 e. The molecule has 6 heteroatoms. The number of benzene rings is 1. The highest BCUT2D eigenvalue weighted by atomic mass is 79.9. The number of carbonyl (C=O) groups is 1. The maximum Gasteiger partial charge on any atom is 0.170 e. The van der Waals surface area contributed by atoms with Crippen LogP contribution in [0.5, 0.6) is 5.75 Å². The number of Topliss-reactive ketones (excluding diaryl/α,β-unsaturated/α-hetero) is 1. The van der Waals surface area contributed by atoms with E-state index in [0.29, 0.717) is 0 Å². The highest BCUT2D eigenvalue weighted by Gasteiger charge is 2.23. The second-order valence-electron chi connectivity index (χ2n) is 3.02. The fourth-order valence-corrected chi connectivity index (χ4v) is 1.68. The fourth-order valence-electron chi connectivity index (χ4n) is 1.28. The lowest BCUT2D eigenvalue weighted by molar-refractivity contribution is 0.0977. The molecule has 0 radical (unpaired) electrons. The van der Waals surface area contributed by atoms with Gasteiger partial charge < -0.3 is 10.5 Å². The Morgan fingerprint density at radius 1 is 1.56 bits per heavy atom. The Bertz CT molecular complexity index is 424. The van der Waals surface area contributed by atoms with E-state index in [-0.39, 0.29) is 23.2 Å². The molecule has 16 heavy (non-hydrogen) atoms. The van der Waals surface area contributed by atoms with Crippen LogP contribution < -0.4 is 10.5 Å². The summed E-state index contributed by atoms with van der Waals surface area (Å²) in [5.74, 6) is -2.61. The molecule has 1 rings (SSSR count). The van der Waals surface area contributed by atoms with Gasteiger partial charge in [-0.2, -0.15) is 0 Å². The third-order valence-corrected chi connectivity index (χ3v) is 2.56. The number of carbonyl (C=O) groups excluding carboxylic acids is 1. The molecule has 0 aliphatic rings. The normalized spacial score (nSPS) is 10.3. The van der Waals surface area contributed by atoms with Crippen molar-refractivity contribution in [2.75, 3.05) is 13.7 Å². The Labute approximate surface area is 99.7 Å². The van der Waals surface area contributed by atoms with E-state index in [1.807, 2.05) is 0 Å². The number of methoxy groups -OCH3 is 1. The number of ketones is 1. The molecule has 0 atom stereocenters. The number of nitrogens with two attached hydrogens (primary N) is 1. The zero-order chi connectivity index (χ0) is 12.3. The third-order valence-electron chi connectivity index (χ3n) is 1.98. The van der Waals surface area contributed by atoms with Gasteiger partial charge in [-0.3, -0.25) is 4.79 Å². The molecule has 0 spiro atoms. The second kappa shape index (κ2) is 5.36. The van der Waals surface area contributed by atoms with Crippen molar-refractivity contribution >= 4 is 21.7 Å². The Kier molecular flexibility index (Phi) is 4.37. The fraction of sp³-hybridized carbons (Fsp3) is 0.300. The first-order valence-corrected chi connectivity index (χ1v) is 5.27. The Hall–Kier alpha value is -1.01. The predicted octanol–water partition coefficient (Wildman–Crippen LogP) is 2.27. The van der Waals surface area contributed by atoms with E-state index in [1.54, 1.807) is 0 Å². The van der Waals surface area contributed by atoms with E-state index in [4.69, 9.17) is 5.73 Å². The van der Waals surface area contributed by atoms with E-state index in [0.717, 1.165) is 6.07 Å². The molecule has 88 valence electrons. The van der Waals surface area contributed by atoms with Crippen LogP contribution in [0.15, 0.2) is 10.5 Å². The molecule has 1 aromatic rings. The summed E-state index contributed by atoms with van der Waals surface area (Å²) in [6, 6.07) is 0.910. The van der Waals surface area contributed by atoms with Crippen LogP contribution in [0.3, 0.4) is 0 Å². The average Bonchev–Trinajstić information content (AvgIpc) is 2.23. The highest BCUT2D eigenvalue weighted by molar-refractivity contribution is 9.10. The number of halogens is 3. The smallest absolute Gasteiger partial charge is 0.170 e. The minimum absolute atomic E-state index is 0.0650. The van der Waals surface area contributed by atoms with Gasteiger partial charge >= 0.3 is 0 Å². The number of rotatable bonds is 4. The molecule has 0 bridgehead atoms. The molecule has 0 unspecified atom stereocenters. The van der Waals surface area contributed by atoms with Gasteiger partial charge in [-0.15, -0.1) is 0 Å². The van der Waals surface area contributed by atoms with Crippen molar-refractivity contribution in [1.82, 2.24) is 0 Å². The van der Waals surface area contributed by atoms with E-state index < -0.39 is 23.0 Å². The van der Waals surface area contributed by atoms with Crippen LogP contribution in [-0.4, -0.2) is 19.4 Å². The molecule has 0 heterocycles. The van der Waals surface area contributed by atoms with Crippen molar-refractivity contribution in [3.8, 4) is 5.75 Å². The molecule has 0 aromatic heterocycles. The first-order valence-electron chi connectivity index (χ1n) is 4.47. The van der Waals surface area contributed by atoms with E-state index in [2.05, 4.69) is 20.7 Å². The summed E-state index contributed by atoms with van der Waals surface area (Å²) >= 11 is 2.83. The van der Waals surface area contributed by atoms with Gasteiger partial charge in [0.05, 0.1) is 17.1 Å². The second-order valence-corrected chi connectivity index (χ2v) is 3.88. The summed E-state index contributed by atoms with van der Waals surface area (Å²) < 4.78 is 31.6. The molecule has 0 amide bonds. The summed E-state index contributed by atoms with van der Waals surface area (Å²) in [4.78, 5) is 11.6. The molecule has 0 saturated heterocycles. The Balaban J connectivity index is 3.38. The molecule has 0 aliphatic carbocycles. The van der Waals surface area contributed by atoms with Crippen molar-refractivity contribution < 1.29 is 18.3 Å². The molecule has 0 saturated carbocycles. The first kappa shape index (κ1) is 13.1. The van der Waals surface area contributed by atoms with Gasteiger partial charge in [0.15, 0.2) is 23.2 Å². The van der Waals surface area contributed by atoms with E-state index in [1.165, 1.54) is 7.11 Å². The van der Waals surface area contributed by atoms with Crippen LogP contribution >= 0.6 is 15.9 Å². The first-order chi connectivity index (χ1) is 7.52. The van der Waals surface area contributed by atoms with E-state index in [9.17, 15) is 13.6 Å². The van der Waals surface area contributed by atoms with Crippen LogP contribution in [0.1, 0.15) is 16.8 Å². The standard InChI is InChI=1S/C10H10BrF2NO2/c1-16-10-6(12)4-5(11)9(13)8(10)7(15)2-3-14/h4H,2-3,14H2,1H3. The number of hydrogen-bond donors (Lipinski definition) is 1. The predicted molar refractivity (Wildman–Crippen MR) is 58.6 cm³/mol. The topological polar surface area (TPSA) is 52.3 Å². The minimum Gasteiger partial charge on any atom is -0.493 e. The van der Waals surface area contributed by atoms with Gasteiger partial charge in [-0.1, -0.05) is 0 Å². The van der Waals surface area contributed by atoms with Crippen LogP contribution in [0.2, 0.25) is 0 Å². The third kappa shape index (κ3) is 2.38. The Morgan fingerprint density at radius 2 is 2.19 bits per heavy atom. The molecular formula is C10H10BrF2NO2. The maximum atomic E-state index is 13.6. The Morgan fingerprint density at radius 3 is 2.69 bits per heavy atom.